The first-order valence-electron chi connectivity index (χ1n) is 7.41. The van der Waals surface area contributed by atoms with E-state index in [0.717, 1.165) is 17.7 Å². The van der Waals surface area contributed by atoms with Crippen LogP contribution < -0.4 is 5.32 Å². The molecule has 1 N–H and O–H groups in total. The minimum absolute atomic E-state index is 0.291. The largest absolute Gasteiger partial charge is 0.462 e. The number of amides is 1. The Morgan fingerprint density at radius 3 is 2.70 bits per heavy atom. The molecular formula is C17H18ClNO3S. The highest BCUT2D eigenvalue weighted by Crippen LogP contribution is 2.30. The molecule has 2 aromatic rings. The van der Waals surface area contributed by atoms with Crippen LogP contribution in [-0.4, -0.2) is 18.5 Å². The molecule has 1 amide bonds. The number of hydrogen-bond acceptors (Lipinski definition) is 4. The molecule has 23 heavy (non-hydrogen) atoms. The normalized spacial score (nSPS) is 10.4. The van der Waals surface area contributed by atoms with Crippen LogP contribution in [0.25, 0.3) is 0 Å². The summed E-state index contributed by atoms with van der Waals surface area (Å²) in [6, 6.07) is 8.46. The van der Waals surface area contributed by atoms with E-state index in [1.165, 1.54) is 11.3 Å². The minimum Gasteiger partial charge on any atom is -0.462 e. The predicted molar refractivity (Wildman–Crippen MR) is 93.7 cm³/mol. The number of nitrogens with one attached hydrogen (secondary N) is 1. The van der Waals surface area contributed by atoms with Crippen LogP contribution in [0.3, 0.4) is 0 Å². The third-order valence-electron chi connectivity index (χ3n) is 3.09. The summed E-state index contributed by atoms with van der Waals surface area (Å²) >= 11 is 7.31. The number of esters is 1. The van der Waals surface area contributed by atoms with Gasteiger partial charge < -0.3 is 10.1 Å². The van der Waals surface area contributed by atoms with Crippen molar-refractivity contribution >= 4 is 39.8 Å². The monoisotopic (exact) mass is 351 g/mol. The highest BCUT2D eigenvalue weighted by molar-refractivity contribution is 7.16. The van der Waals surface area contributed by atoms with Crippen molar-refractivity contribution < 1.29 is 14.3 Å². The molecule has 0 unspecified atom stereocenters. The first-order chi connectivity index (χ1) is 11.0. The molecule has 6 heteroatoms. The Bertz CT molecular complexity index is 712. The zero-order valence-electron chi connectivity index (χ0n) is 13.0. The summed E-state index contributed by atoms with van der Waals surface area (Å²) in [6.07, 6.45) is 1.81. The van der Waals surface area contributed by atoms with Crippen LogP contribution >= 0.6 is 22.9 Å². The van der Waals surface area contributed by atoms with Gasteiger partial charge in [-0.25, -0.2) is 4.79 Å². The molecule has 1 aromatic carbocycles. The van der Waals surface area contributed by atoms with Gasteiger partial charge in [0.1, 0.15) is 5.00 Å². The number of hydrogen-bond donors (Lipinski definition) is 1. The van der Waals surface area contributed by atoms with Gasteiger partial charge in [0.15, 0.2) is 0 Å². The van der Waals surface area contributed by atoms with Crippen molar-refractivity contribution in [3.63, 3.8) is 0 Å². The van der Waals surface area contributed by atoms with Gasteiger partial charge in [0.25, 0.3) is 5.91 Å². The van der Waals surface area contributed by atoms with Crippen molar-refractivity contribution in [1.82, 2.24) is 0 Å². The van der Waals surface area contributed by atoms with Gasteiger partial charge in [0, 0.05) is 15.5 Å². The number of halogens is 1. The molecule has 0 saturated heterocycles. The summed E-state index contributed by atoms with van der Waals surface area (Å²) < 4.78 is 5.06. The summed E-state index contributed by atoms with van der Waals surface area (Å²) in [5, 5.41) is 3.79. The van der Waals surface area contributed by atoms with Crippen LogP contribution in [0.2, 0.25) is 5.02 Å². The number of ether oxygens (including phenoxy) is 1. The van der Waals surface area contributed by atoms with Gasteiger partial charge in [-0.3, -0.25) is 4.79 Å². The standard InChI is InChI=1S/C17H18ClNO3S/c1-3-6-13-10-14(17(21)22-4-2)16(23-13)19-15(20)11-7-5-8-12(18)9-11/h5,7-10H,3-4,6H2,1-2H3,(H,19,20). The molecule has 0 aliphatic heterocycles. The Morgan fingerprint density at radius 1 is 1.26 bits per heavy atom. The number of anilines is 1. The molecule has 0 radical (unpaired) electrons. The summed E-state index contributed by atoms with van der Waals surface area (Å²) in [5.74, 6) is -0.726. The van der Waals surface area contributed by atoms with E-state index >= 15 is 0 Å². The van der Waals surface area contributed by atoms with E-state index in [2.05, 4.69) is 12.2 Å². The third kappa shape index (κ3) is 4.56. The van der Waals surface area contributed by atoms with E-state index in [1.807, 2.05) is 0 Å². The summed E-state index contributed by atoms with van der Waals surface area (Å²) in [7, 11) is 0. The van der Waals surface area contributed by atoms with Crippen LogP contribution in [0.1, 0.15) is 45.9 Å². The average molecular weight is 352 g/mol. The second-order valence-corrected chi connectivity index (χ2v) is 6.46. The van der Waals surface area contributed by atoms with Crippen molar-refractivity contribution in [2.24, 2.45) is 0 Å². The van der Waals surface area contributed by atoms with Gasteiger partial charge in [-0.05, 0) is 37.6 Å². The lowest BCUT2D eigenvalue weighted by Crippen LogP contribution is -2.14. The van der Waals surface area contributed by atoms with Crippen LogP contribution in [0.15, 0.2) is 30.3 Å². The quantitative estimate of drug-likeness (QED) is 0.762. The molecular weight excluding hydrogens is 334 g/mol. The molecule has 0 bridgehead atoms. The van der Waals surface area contributed by atoms with Crippen molar-refractivity contribution in [3.8, 4) is 0 Å². The molecule has 1 aromatic heterocycles. The molecule has 0 saturated carbocycles. The van der Waals surface area contributed by atoms with E-state index in [-0.39, 0.29) is 5.91 Å². The Morgan fingerprint density at radius 2 is 2.04 bits per heavy atom. The molecule has 0 fully saturated rings. The number of benzene rings is 1. The van der Waals surface area contributed by atoms with Gasteiger partial charge >= 0.3 is 5.97 Å². The lowest BCUT2D eigenvalue weighted by atomic mass is 10.2. The summed E-state index contributed by atoms with van der Waals surface area (Å²) in [6.45, 7) is 4.11. The minimum atomic E-state index is -0.424. The predicted octanol–water partition coefficient (Wildman–Crippen LogP) is 4.78. The van der Waals surface area contributed by atoms with Gasteiger partial charge in [0.05, 0.1) is 12.2 Å². The summed E-state index contributed by atoms with van der Waals surface area (Å²) in [4.78, 5) is 25.5. The number of carbonyl (C=O) groups excluding carboxylic acids is 2. The number of aryl methyl sites for hydroxylation is 1. The highest BCUT2D eigenvalue weighted by Gasteiger charge is 2.19. The molecule has 4 nitrogen and oxygen atoms in total. The molecule has 1 heterocycles. The van der Waals surface area contributed by atoms with E-state index in [1.54, 1.807) is 37.3 Å². The van der Waals surface area contributed by atoms with Crippen LogP contribution in [0.4, 0.5) is 5.00 Å². The SMILES string of the molecule is CCCc1cc(C(=O)OCC)c(NC(=O)c2cccc(Cl)c2)s1. The van der Waals surface area contributed by atoms with E-state index in [4.69, 9.17) is 16.3 Å². The second-order valence-electron chi connectivity index (χ2n) is 4.89. The fourth-order valence-corrected chi connectivity index (χ4v) is 3.40. The van der Waals surface area contributed by atoms with E-state index in [9.17, 15) is 9.59 Å². The van der Waals surface area contributed by atoms with Gasteiger partial charge in [-0.2, -0.15) is 0 Å². The first-order valence-corrected chi connectivity index (χ1v) is 8.61. The second kappa shape index (κ2) is 8.13. The fourth-order valence-electron chi connectivity index (χ4n) is 2.07. The number of carbonyl (C=O) groups is 2. The molecule has 0 atom stereocenters. The Kier molecular flexibility index (Phi) is 6.19. The topological polar surface area (TPSA) is 55.4 Å². The van der Waals surface area contributed by atoms with Gasteiger partial charge in [-0.15, -0.1) is 11.3 Å². The number of rotatable bonds is 6. The van der Waals surface area contributed by atoms with Crippen LogP contribution in [0.5, 0.6) is 0 Å². The molecule has 0 aliphatic carbocycles. The molecule has 0 aliphatic rings. The summed E-state index contributed by atoms with van der Waals surface area (Å²) in [5.41, 5.74) is 0.841. The fraction of sp³-hybridized carbons (Fsp3) is 0.294. The zero-order chi connectivity index (χ0) is 16.8. The zero-order valence-corrected chi connectivity index (χ0v) is 14.6. The van der Waals surface area contributed by atoms with Crippen molar-refractivity contribution in [1.29, 1.82) is 0 Å². The molecule has 2 rings (SSSR count). The third-order valence-corrected chi connectivity index (χ3v) is 4.43. The lowest BCUT2D eigenvalue weighted by molar-refractivity contribution is 0.0528. The Labute approximate surface area is 144 Å². The smallest absolute Gasteiger partial charge is 0.341 e. The molecule has 0 spiro atoms. The van der Waals surface area contributed by atoms with Crippen LogP contribution in [-0.2, 0) is 11.2 Å². The Hall–Kier alpha value is -1.85. The highest BCUT2D eigenvalue weighted by atomic mass is 35.5. The Balaban J connectivity index is 2.26. The van der Waals surface area contributed by atoms with Gasteiger partial charge in [-0.1, -0.05) is 31.0 Å². The van der Waals surface area contributed by atoms with Gasteiger partial charge in [0.2, 0.25) is 0 Å². The first kappa shape index (κ1) is 17.5. The maximum absolute atomic E-state index is 12.4. The molecule has 122 valence electrons. The van der Waals surface area contributed by atoms with E-state index < -0.39 is 5.97 Å². The van der Waals surface area contributed by atoms with Crippen LogP contribution in [0, 0.1) is 0 Å². The average Bonchev–Trinajstić information content (AvgIpc) is 2.90. The number of thiophene rings is 1. The van der Waals surface area contributed by atoms with Crippen molar-refractivity contribution in [2.45, 2.75) is 26.7 Å². The van der Waals surface area contributed by atoms with E-state index in [0.29, 0.717) is 27.8 Å². The van der Waals surface area contributed by atoms with Crippen molar-refractivity contribution in [2.75, 3.05) is 11.9 Å². The maximum Gasteiger partial charge on any atom is 0.341 e. The van der Waals surface area contributed by atoms with Crippen molar-refractivity contribution in [3.05, 3.63) is 51.4 Å². The maximum atomic E-state index is 12.4. The lowest BCUT2D eigenvalue weighted by Gasteiger charge is -2.06.